The van der Waals surface area contributed by atoms with Crippen LogP contribution in [0.1, 0.15) is 6.92 Å². The Balaban J connectivity index is 1.92. The first-order valence-corrected chi connectivity index (χ1v) is 8.10. The smallest absolute Gasteiger partial charge is 0.221 e. The summed E-state index contributed by atoms with van der Waals surface area (Å²) in [6.45, 7) is 1.52. The summed E-state index contributed by atoms with van der Waals surface area (Å²) >= 11 is 0. The lowest BCUT2D eigenvalue weighted by Gasteiger charge is -2.11. The zero-order valence-electron chi connectivity index (χ0n) is 13.8. The minimum absolute atomic E-state index is 0.0888. The van der Waals surface area contributed by atoms with Crippen LogP contribution in [-0.4, -0.2) is 15.9 Å². The van der Waals surface area contributed by atoms with Gasteiger partial charge < -0.3 is 10.3 Å². The van der Waals surface area contributed by atoms with E-state index in [1.807, 2.05) is 42.7 Å². The molecule has 0 saturated heterocycles. The van der Waals surface area contributed by atoms with Gasteiger partial charge in [-0.2, -0.15) is 0 Å². The van der Waals surface area contributed by atoms with Crippen LogP contribution >= 0.6 is 0 Å². The normalized spacial score (nSPS) is 10.8. The lowest BCUT2D eigenvalue weighted by Crippen LogP contribution is -2.05. The zero-order valence-corrected chi connectivity index (χ0v) is 13.8. The Morgan fingerprint density at radius 1 is 1.00 bits per heavy atom. The topological polar surface area (TPSA) is 57.8 Å². The van der Waals surface area contributed by atoms with Crippen LogP contribution < -0.4 is 5.32 Å². The second kappa shape index (κ2) is 6.24. The Morgan fingerprint density at radius 3 is 2.68 bits per heavy atom. The molecule has 0 saturated carbocycles. The van der Waals surface area contributed by atoms with Crippen molar-refractivity contribution in [3.8, 4) is 22.3 Å². The molecule has 0 aliphatic carbocycles. The molecular formula is C21H17N3O. The summed E-state index contributed by atoms with van der Waals surface area (Å²) in [6.07, 6.45) is 5.52. The van der Waals surface area contributed by atoms with Crippen LogP contribution in [0.4, 0.5) is 5.69 Å². The standard InChI is InChI=1S/C21H17N3O/c1-14(25)24-18-11-16(15-4-3-8-22-13-15)10-17(12-18)19-5-2-6-21-20(19)7-9-23-21/h2-13,23H,1H3,(H,24,25). The van der Waals surface area contributed by atoms with Gasteiger partial charge in [-0.3, -0.25) is 9.78 Å². The number of nitrogens with one attached hydrogen (secondary N) is 2. The average molecular weight is 327 g/mol. The Hall–Kier alpha value is -3.40. The highest BCUT2D eigenvalue weighted by Gasteiger charge is 2.09. The number of aromatic amines is 1. The number of anilines is 1. The molecule has 4 aromatic rings. The SMILES string of the molecule is CC(=O)Nc1cc(-c2cccnc2)cc(-c2cccc3[nH]ccc23)c1. The molecule has 0 bridgehead atoms. The van der Waals surface area contributed by atoms with E-state index in [0.717, 1.165) is 38.8 Å². The number of carbonyl (C=O) groups excluding carboxylic acids is 1. The summed E-state index contributed by atoms with van der Waals surface area (Å²) in [5.41, 5.74) is 6.06. The van der Waals surface area contributed by atoms with Crippen molar-refractivity contribution in [2.75, 3.05) is 5.32 Å². The molecule has 2 heterocycles. The number of hydrogen-bond acceptors (Lipinski definition) is 2. The highest BCUT2D eigenvalue weighted by atomic mass is 16.1. The molecule has 2 N–H and O–H groups in total. The third kappa shape index (κ3) is 3.02. The van der Waals surface area contributed by atoms with Gasteiger partial charge in [-0.15, -0.1) is 0 Å². The molecule has 2 aromatic carbocycles. The van der Waals surface area contributed by atoms with Gasteiger partial charge in [0, 0.05) is 47.7 Å². The van der Waals surface area contributed by atoms with Crippen LogP contribution in [0.2, 0.25) is 0 Å². The Labute approximate surface area is 145 Å². The van der Waals surface area contributed by atoms with Crippen molar-refractivity contribution in [1.82, 2.24) is 9.97 Å². The molecule has 122 valence electrons. The number of pyridine rings is 1. The molecule has 0 atom stereocenters. The van der Waals surface area contributed by atoms with Crippen LogP contribution in [-0.2, 0) is 4.79 Å². The van der Waals surface area contributed by atoms with Gasteiger partial charge in [0.05, 0.1) is 0 Å². The molecule has 25 heavy (non-hydrogen) atoms. The van der Waals surface area contributed by atoms with Crippen molar-refractivity contribution in [2.24, 2.45) is 0 Å². The predicted molar refractivity (Wildman–Crippen MR) is 101 cm³/mol. The Morgan fingerprint density at radius 2 is 1.88 bits per heavy atom. The van der Waals surface area contributed by atoms with E-state index in [2.05, 4.69) is 39.6 Å². The number of rotatable bonds is 3. The quantitative estimate of drug-likeness (QED) is 0.565. The maximum Gasteiger partial charge on any atom is 0.221 e. The van der Waals surface area contributed by atoms with Crippen molar-refractivity contribution < 1.29 is 4.79 Å². The van der Waals surface area contributed by atoms with Gasteiger partial charge >= 0.3 is 0 Å². The zero-order chi connectivity index (χ0) is 17.2. The predicted octanol–water partition coefficient (Wildman–Crippen LogP) is 4.86. The van der Waals surface area contributed by atoms with Crippen molar-refractivity contribution in [1.29, 1.82) is 0 Å². The van der Waals surface area contributed by atoms with Crippen LogP contribution in [0.25, 0.3) is 33.2 Å². The summed E-state index contributed by atoms with van der Waals surface area (Å²) in [4.78, 5) is 19.0. The largest absolute Gasteiger partial charge is 0.361 e. The average Bonchev–Trinajstić information content (AvgIpc) is 3.10. The van der Waals surface area contributed by atoms with Crippen molar-refractivity contribution >= 4 is 22.5 Å². The van der Waals surface area contributed by atoms with Gasteiger partial charge in [0.15, 0.2) is 0 Å². The molecule has 4 heteroatoms. The Kier molecular flexibility index (Phi) is 3.78. The highest BCUT2D eigenvalue weighted by Crippen LogP contribution is 2.33. The van der Waals surface area contributed by atoms with Gasteiger partial charge in [0.2, 0.25) is 5.91 Å². The second-order valence-corrected chi connectivity index (χ2v) is 5.97. The van der Waals surface area contributed by atoms with Crippen molar-refractivity contribution in [2.45, 2.75) is 6.92 Å². The molecular weight excluding hydrogens is 310 g/mol. The summed E-state index contributed by atoms with van der Waals surface area (Å²) in [5.74, 6) is -0.0888. The van der Waals surface area contributed by atoms with Crippen molar-refractivity contribution in [3.63, 3.8) is 0 Å². The maximum atomic E-state index is 11.6. The first-order chi connectivity index (χ1) is 12.2. The van der Waals surface area contributed by atoms with E-state index >= 15 is 0 Å². The minimum atomic E-state index is -0.0888. The van der Waals surface area contributed by atoms with E-state index in [1.54, 1.807) is 6.20 Å². The number of amides is 1. The molecule has 4 rings (SSSR count). The second-order valence-electron chi connectivity index (χ2n) is 5.97. The number of nitrogens with zero attached hydrogens (tertiary/aromatic N) is 1. The maximum absolute atomic E-state index is 11.6. The van der Waals surface area contributed by atoms with E-state index < -0.39 is 0 Å². The highest BCUT2D eigenvalue weighted by molar-refractivity contribution is 5.98. The van der Waals surface area contributed by atoms with Crippen LogP contribution in [0, 0.1) is 0 Å². The summed E-state index contributed by atoms with van der Waals surface area (Å²) in [5, 5.41) is 4.05. The molecule has 0 spiro atoms. The molecule has 0 radical (unpaired) electrons. The fraction of sp³-hybridized carbons (Fsp3) is 0.0476. The minimum Gasteiger partial charge on any atom is -0.361 e. The number of benzene rings is 2. The Bertz CT molecular complexity index is 1050. The summed E-state index contributed by atoms with van der Waals surface area (Å²) < 4.78 is 0. The first kappa shape index (κ1) is 15.1. The third-order valence-electron chi connectivity index (χ3n) is 4.15. The molecule has 4 nitrogen and oxygen atoms in total. The van der Waals surface area contributed by atoms with E-state index in [9.17, 15) is 4.79 Å². The summed E-state index contributed by atoms with van der Waals surface area (Å²) in [6, 6.07) is 18.3. The lowest BCUT2D eigenvalue weighted by molar-refractivity contribution is -0.114. The third-order valence-corrected chi connectivity index (χ3v) is 4.15. The van der Waals surface area contributed by atoms with Crippen LogP contribution in [0.15, 0.2) is 73.2 Å². The number of aromatic nitrogens is 2. The van der Waals surface area contributed by atoms with Gasteiger partial charge in [-0.25, -0.2) is 0 Å². The molecule has 0 aliphatic heterocycles. The van der Waals surface area contributed by atoms with Crippen LogP contribution in [0.5, 0.6) is 0 Å². The van der Waals surface area contributed by atoms with Gasteiger partial charge in [0.1, 0.15) is 0 Å². The molecule has 0 fully saturated rings. The van der Waals surface area contributed by atoms with E-state index in [4.69, 9.17) is 0 Å². The van der Waals surface area contributed by atoms with Crippen molar-refractivity contribution in [3.05, 3.63) is 73.2 Å². The van der Waals surface area contributed by atoms with E-state index in [-0.39, 0.29) is 5.91 Å². The fourth-order valence-corrected chi connectivity index (χ4v) is 3.10. The van der Waals surface area contributed by atoms with Gasteiger partial charge in [-0.05, 0) is 53.1 Å². The number of hydrogen-bond donors (Lipinski definition) is 2. The fourth-order valence-electron chi connectivity index (χ4n) is 3.10. The monoisotopic (exact) mass is 327 g/mol. The van der Waals surface area contributed by atoms with Gasteiger partial charge in [-0.1, -0.05) is 18.2 Å². The van der Waals surface area contributed by atoms with Crippen LogP contribution in [0.3, 0.4) is 0 Å². The number of fused-ring (bicyclic) bond motifs is 1. The first-order valence-electron chi connectivity index (χ1n) is 8.10. The van der Waals surface area contributed by atoms with E-state index in [1.165, 1.54) is 6.92 Å². The molecule has 0 unspecified atom stereocenters. The van der Waals surface area contributed by atoms with E-state index in [0.29, 0.717) is 0 Å². The number of H-pyrrole nitrogens is 1. The lowest BCUT2D eigenvalue weighted by atomic mass is 9.96. The molecule has 2 aromatic heterocycles. The summed E-state index contributed by atoms with van der Waals surface area (Å²) in [7, 11) is 0. The number of carbonyl (C=O) groups is 1. The molecule has 0 aliphatic rings. The van der Waals surface area contributed by atoms with Gasteiger partial charge in [0.25, 0.3) is 0 Å². The molecule has 1 amide bonds.